The molecule has 7 nitrogen and oxygen atoms in total. The number of aromatic nitrogens is 4. The summed E-state index contributed by atoms with van der Waals surface area (Å²) in [5.41, 5.74) is 5.48. The van der Waals surface area contributed by atoms with Crippen LogP contribution in [0.1, 0.15) is 19.3 Å². The van der Waals surface area contributed by atoms with Crippen LogP contribution in [0.15, 0.2) is 5.16 Å². The lowest BCUT2D eigenvalue weighted by Gasteiger charge is -2.11. The molecule has 1 atom stereocenters. The molecule has 1 fully saturated rings. The van der Waals surface area contributed by atoms with Crippen LogP contribution in [0.5, 0.6) is 0 Å². The summed E-state index contributed by atoms with van der Waals surface area (Å²) in [5.74, 6) is 0.109. The molecule has 1 saturated heterocycles. The van der Waals surface area contributed by atoms with Gasteiger partial charge in [0.2, 0.25) is 11.1 Å². The molecule has 0 bridgehead atoms. The average Bonchev–Trinajstić information content (AvgIpc) is 2.61. The third-order valence-corrected chi connectivity index (χ3v) is 3.79. The first-order valence-corrected chi connectivity index (χ1v) is 6.57. The van der Waals surface area contributed by atoms with Crippen molar-refractivity contribution < 1.29 is 4.79 Å². The Hall–Kier alpha value is -1.15. The second-order valence-corrected chi connectivity index (χ2v) is 5.18. The number of thioether (sulfide) groups is 1. The van der Waals surface area contributed by atoms with Crippen LogP contribution in [0, 0.1) is 0 Å². The van der Waals surface area contributed by atoms with Gasteiger partial charge in [-0.05, 0) is 23.3 Å². The van der Waals surface area contributed by atoms with Crippen molar-refractivity contribution >= 4 is 17.7 Å². The summed E-state index contributed by atoms with van der Waals surface area (Å²) in [6.45, 7) is 1.88. The molecule has 0 aromatic carbocycles. The van der Waals surface area contributed by atoms with Gasteiger partial charge < -0.3 is 11.1 Å². The van der Waals surface area contributed by atoms with Crippen LogP contribution in [0.25, 0.3) is 0 Å². The van der Waals surface area contributed by atoms with Crippen LogP contribution in [0.4, 0.5) is 0 Å². The van der Waals surface area contributed by atoms with Gasteiger partial charge in [-0.2, -0.15) is 0 Å². The van der Waals surface area contributed by atoms with E-state index < -0.39 is 0 Å². The summed E-state index contributed by atoms with van der Waals surface area (Å²) in [5, 5.41) is 15.3. The van der Waals surface area contributed by atoms with Crippen molar-refractivity contribution in [2.75, 3.05) is 13.1 Å². The van der Waals surface area contributed by atoms with E-state index in [2.05, 4.69) is 20.8 Å². The molecule has 8 heteroatoms. The Morgan fingerprint density at radius 3 is 3.29 bits per heavy atom. The van der Waals surface area contributed by atoms with Crippen LogP contribution >= 0.6 is 11.8 Å². The number of carbonyl (C=O) groups is 1. The molecule has 3 N–H and O–H groups in total. The first kappa shape index (κ1) is 12.3. The molecular weight excluding hydrogens is 240 g/mol. The number of hydrogen-bond donors (Lipinski definition) is 2. The number of nitrogens with zero attached hydrogens (tertiary/aromatic N) is 4. The van der Waals surface area contributed by atoms with Gasteiger partial charge in [0.25, 0.3) is 0 Å². The fourth-order valence-electron chi connectivity index (χ4n) is 1.73. The fourth-order valence-corrected chi connectivity index (χ4v) is 2.88. The molecule has 0 saturated carbocycles. The minimum absolute atomic E-state index is 0.109. The molecule has 0 spiro atoms. The van der Waals surface area contributed by atoms with Crippen molar-refractivity contribution in [1.82, 2.24) is 25.5 Å². The van der Waals surface area contributed by atoms with E-state index >= 15 is 0 Å². The predicted octanol–water partition coefficient (Wildman–Crippen LogP) is -0.607. The first-order chi connectivity index (χ1) is 8.29. The lowest BCUT2D eigenvalue weighted by molar-refractivity contribution is -0.120. The minimum atomic E-state index is 0.109. The van der Waals surface area contributed by atoms with Gasteiger partial charge in [-0.1, -0.05) is 11.8 Å². The molecule has 1 aliphatic rings. The molecule has 1 unspecified atom stereocenters. The van der Waals surface area contributed by atoms with Crippen molar-refractivity contribution in [2.45, 2.75) is 36.2 Å². The first-order valence-electron chi connectivity index (χ1n) is 5.69. The van der Waals surface area contributed by atoms with Crippen LogP contribution in [0.3, 0.4) is 0 Å². The van der Waals surface area contributed by atoms with Gasteiger partial charge in [0.05, 0.1) is 6.54 Å². The van der Waals surface area contributed by atoms with E-state index in [1.165, 1.54) is 0 Å². The van der Waals surface area contributed by atoms with Gasteiger partial charge in [0.15, 0.2) is 0 Å². The maximum Gasteiger partial charge on any atom is 0.221 e. The van der Waals surface area contributed by atoms with E-state index in [1.54, 1.807) is 16.4 Å². The molecule has 1 amide bonds. The van der Waals surface area contributed by atoms with Crippen LogP contribution in [-0.2, 0) is 11.3 Å². The molecule has 94 valence electrons. The Balaban J connectivity index is 1.98. The lowest BCUT2D eigenvalue weighted by atomic mass is 10.2. The second kappa shape index (κ2) is 5.97. The summed E-state index contributed by atoms with van der Waals surface area (Å²) in [6.07, 6.45) is 2.53. The zero-order chi connectivity index (χ0) is 12.1. The summed E-state index contributed by atoms with van der Waals surface area (Å²) >= 11 is 1.57. The predicted molar refractivity (Wildman–Crippen MR) is 63.4 cm³/mol. The number of carbonyl (C=O) groups excluding carboxylic acids is 1. The zero-order valence-corrected chi connectivity index (χ0v) is 10.3. The Kier molecular flexibility index (Phi) is 4.32. The van der Waals surface area contributed by atoms with Crippen molar-refractivity contribution in [3.63, 3.8) is 0 Å². The monoisotopic (exact) mass is 256 g/mol. The van der Waals surface area contributed by atoms with Gasteiger partial charge in [-0.3, -0.25) is 4.79 Å². The van der Waals surface area contributed by atoms with E-state index in [-0.39, 0.29) is 11.2 Å². The van der Waals surface area contributed by atoms with Crippen molar-refractivity contribution in [3.05, 3.63) is 0 Å². The van der Waals surface area contributed by atoms with E-state index in [1.807, 2.05) is 0 Å². The number of amides is 1. The Bertz CT molecular complexity index is 381. The Morgan fingerprint density at radius 2 is 2.47 bits per heavy atom. The molecule has 1 aromatic heterocycles. The number of nitrogens with two attached hydrogens (primary N) is 1. The van der Waals surface area contributed by atoms with Gasteiger partial charge in [-0.15, -0.1) is 5.10 Å². The largest absolute Gasteiger partial charge is 0.356 e. The molecule has 2 rings (SSSR count). The fraction of sp³-hybridized carbons (Fsp3) is 0.778. The highest BCUT2D eigenvalue weighted by Crippen LogP contribution is 2.27. The molecule has 1 aliphatic heterocycles. The number of hydrogen-bond acceptors (Lipinski definition) is 6. The van der Waals surface area contributed by atoms with E-state index in [0.29, 0.717) is 19.5 Å². The van der Waals surface area contributed by atoms with Crippen molar-refractivity contribution in [3.8, 4) is 0 Å². The Morgan fingerprint density at radius 1 is 1.59 bits per heavy atom. The zero-order valence-electron chi connectivity index (χ0n) is 9.50. The van der Waals surface area contributed by atoms with Crippen LogP contribution in [-0.4, -0.2) is 44.5 Å². The summed E-state index contributed by atoms with van der Waals surface area (Å²) in [6, 6.07) is 0. The van der Waals surface area contributed by atoms with Gasteiger partial charge in [0.1, 0.15) is 0 Å². The van der Waals surface area contributed by atoms with Crippen molar-refractivity contribution in [1.29, 1.82) is 0 Å². The molecule has 2 heterocycles. The van der Waals surface area contributed by atoms with E-state index in [0.717, 1.165) is 24.5 Å². The van der Waals surface area contributed by atoms with E-state index in [4.69, 9.17) is 5.73 Å². The third kappa shape index (κ3) is 3.40. The maximum absolute atomic E-state index is 11.4. The average molecular weight is 256 g/mol. The third-order valence-electron chi connectivity index (χ3n) is 2.55. The normalized spacial score (nSPS) is 21.0. The van der Waals surface area contributed by atoms with Gasteiger partial charge >= 0.3 is 0 Å². The molecule has 17 heavy (non-hydrogen) atoms. The standard InChI is InChI=1S/C9H16N6OS/c10-3-5-15-9(12-13-14-15)17-7-2-1-4-11-8(16)6-7/h7H,1-6,10H2,(H,11,16). The molecule has 1 aromatic rings. The van der Waals surface area contributed by atoms with Gasteiger partial charge in [-0.25, -0.2) is 4.68 Å². The van der Waals surface area contributed by atoms with Crippen LogP contribution in [0.2, 0.25) is 0 Å². The summed E-state index contributed by atoms with van der Waals surface area (Å²) in [4.78, 5) is 11.4. The Labute approximate surface area is 104 Å². The van der Waals surface area contributed by atoms with Gasteiger partial charge in [0, 0.05) is 24.8 Å². The summed E-state index contributed by atoms with van der Waals surface area (Å²) < 4.78 is 1.69. The smallest absolute Gasteiger partial charge is 0.221 e. The topological polar surface area (TPSA) is 98.7 Å². The van der Waals surface area contributed by atoms with Crippen molar-refractivity contribution in [2.24, 2.45) is 5.73 Å². The molecule has 0 radical (unpaired) electrons. The number of nitrogens with one attached hydrogen (secondary N) is 1. The highest BCUT2D eigenvalue weighted by atomic mass is 32.2. The quantitative estimate of drug-likeness (QED) is 0.746. The van der Waals surface area contributed by atoms with E-state index in [9.17, 15) is 4.79 Å². The molecular formula is C9H16N6OS. The van der Waals surface area contributed by atoms with Crippen LogP contribution < -0.4 is 11.1 Å². The second-order valence-electron chi connectivity index (χ2n) is 3.91. The maximum atomic E-state index is 11.4. The minimum Gasteiger partial charge on any atom is -0.356 e. The highest BCUT2D eigenvalue weighted by molar-refractivity contribution is 7.99. The lowest BCUT2D eigenvalue weighted by Crippen LogP contribution is -2.23. The summed E-state index contributed by atoms with van der Waals surface area (Å²) in [7, 11) is 0. The number of tetrazole rings is 1. The highest BCUT2D eigenvalue weighted by Gasteiger charge is 2.20. The SMILES string of the molecule is NCCn1nnnc1SC1CCCNC(=O)C1. The number of rotatable bonds is 4. The molecule has 0 aliphatic carbocycles.